The van der Waals surface area contributed by atoms with Crippen molar-refractivity contribution in [2.24, 2.45) is 0 Å². The molecule has 2 aromatic carbocycles. The Labute approximate surface area is 126 Å². The molecule has 0 radical (unpaired) electrons. The van der Waals surface area contributed by atoms with Crippen LogP contribution in [-0.2, 0) is 9.47 Å². The highest BCUT2D eigenvalue weighted by Crippen LogP contribution is 2.33. The lowest BCUT2D eigenvalue weighted by molar-refractivity contribution is -0.137. The summed E-state index contributed by atoms with van der Waals surface area (Å²) in [5.41, 5.74) is 6.35. The molecule has 3 rings (SSSR count). The first-order valence-electron chi connectivity index (χ1n) is 7.51. The van der Waals surface area contributed by atoms with Gasteiger partial charge in [0.2, 0.25) is 0 Å². The van der Waals surface area contributed by atoms with Crippen molar-refractivity contribution in [3.63, 3.8) is 0 Å². The van der Waals surface area contributed by atoms with Gasteiger partial charge in [-0.05, 0) is 43.0 Å². The first kappa shape index (κ1) is 14.3. The second-order valence-electron chi connectivity index (χ2n) is 5.87. The lowest BCUT2D eigenvalue weighted by Crippen LogP contribution is -2.26. The fourth-order valence-corrected chi connectivity index (χ4v) is 3.23. The van der Waals surface area contributed by atoms with Crippen LogP contribution in [0.3, 0.4) is 0 Å². The largest absolute Gasteiger partial charge is 0.368 e. The van der Waals surface area contributed by atoms with E-state index >= 15 is 0 Å². The van der Waals surface area contributed by atoms with Crippen LogP contribution in [0.2, 0.25) is 0 Å². The van der Waals surface area contributed by atoms with Gasteiger partial charge in [-0.2, -0.15) is 0 Å². The highest BCUT2D eigenvalue weighted by molar-refractivity contribution is 5.39. The molecule has 2 nitrogen and oxygen atoms in total. The molecule has 0 amide bonds. The Hall–Kier alpha value is -1.64. The molecule has 110 valence electrons. The first-order chi connectivity index (χ1) is 10.1. The molecule has 0 bridgehead atoms. The van der Waals surface area contributed by atoms with E-state index in [4.69, 9.17) is 9.47 Å². The molecule has 21 heavy (non-hydrogen) atoms. The zero-order valence-corrected chi connectivity index (χ0v) is 12.9. The standard InChI is InChI=1S/C19H22O2/c1-13-9-14(2)19(15(3)10-13)18-12-20-17(11-21-18)16-7-5-4-6-8-16/h4-10,17-18H,11-12H2,1-3H3. The van der Waals surface area contributed by atoms with Crippen molar-refractivity contribution in [1.82, 2.24) is 0 Å². The van der Waals surface area contributed by atoms with Gasteiger partial charge in [0.05, 0.1) is 13.2 Å². The number of aryl methyl sites for hydroxylation is 3. The zero-order chi connectivity index (χ0) is 14.8. The minimum absolute atomic E-state index is 0.0468. The van der Waals surface area contributed by atoms with Crippen LogP contribution in [0, 0.1) is 20.8 Å². The van der Waals surface area contributed by atoms with Crippen LogP contribution in [-0.4, -0.2) is 13.2 Å². The summed E-state index contributed by atoms with van der Waals surface area (Å²) in [4.78, 5) is 0. The van der Waals surface area contributed by atoms with E-state index in [9.17, 15) is 0 Å². The molecule has 0 aromatic heterocycles. The van der Waals surface area contributed by atoms with E-state index in [0.717, 1.165) is 0 Å². The van der Waals surface area contributed by atoms with Crippen LogP contribution in [0.4, 0.5) is 0 Å². The van der Waals surface area contributed by atoms with Crippen LogP contribution < -0.4 is 0 Å². The van der Waals surface area contributed by atoms with Crippen molar-refractivity contribution in [3.05, 3.63) is 70.3 Å². The van der Waals surface area contributed by atoms with E-state index < -0.39 is 0 Å². The summed E-state index contributed by atoms with van der Waals surface area (Å²) in [5.74, 6) is 0. The third kappa shape index (κ3) is 3.02. The molecule has 2 atom stereocenters. The monoisotopic (exact) mass is 282 g/mol. The Morgan fingerprint density at radius 1 is 0.810 bits per heavy atom. The van der Waals surface area contributed by atoms with Gasteiger partial charge in [-0.25, -0.2) is 0 Å². The van der Waals surface area contributed by atoms with Crippen LogP contribution in [0.25, 0.3) is 0 Å². The summed E-state index contributed by atoms with van der Waals surface area (Å²) in [7, 11) is 0. The van der Waals surface area contributed by atoms with E-state index in [0.29, 0.717) is 13.2 Å². The van der Waals surface area contributed by atoms with Crippen LogP contribution in [0.15, 0.2) is 42.5 Å². The molecular formula is C19H22O2. The lowest BCUT2D eigenvalue weighted by Gasteiger charge is -2.31. The van der Waals surface area contributed by atoms with Crippen LogP contribution in [0.1, 0.15) is 40.0 Å². The third-order valence-corrected chi connectivity index (χ3v) is 4.13. The van der Waals surface area contributed by atoms with E-state index in [1.807, 2.05) is 18.2 Å². The van der Waals surface area contributed by atoms with Crippen molar-refractivity contribution in [2.45, 2.75) is 33.0 Å². The van der Waals surface area contributed by atoms with Gasteiger partial charge in [-0.1, -0.05) is 48.0 Å². The number of ether oxygens (including phenoxy) is 2. The minimum atomic E-state index is 0.0468. The summed E-state index contributed by atoms with van der Waals surface area (Å²) in [6.07, 6.45) is 0.0964. The Morgan fingerprint density at radius 2 is 1.38 bits per heavy atom. The summed E-state index contributed by atoms with van der Waals surface area (Å²) in [6, 6.07) is 14.7. The summed E-state index contributed by atoms with van der Waals surface area (Å²) in [6.45, 7) is 7.67. The molecule has 0 aliphatic carbocycles. The number of benzene rings is 2. The van der Waals surface area contributed by atoms with Gasteiger partial charge in [0.1, 0.15) is 12.2 Å². The normalized spacial score (nSPS) is 22.2. The second-order valence-corrected chi connectivity index (χ2v) is 5.87. The maximum atomic E-state index is 6.11. The molecule has 0 spiro atoms. The van der Waals surface area contributed by atoms with Crippen molar-refractivity contribution >= 4 is 0 Å². The highest BCUT2D eigenvalue weighted by Gasteiger charge is 2.26. The molecule has 1 heterocycles. The van der Waals surface area contributed by atoms with Gasteiger partial charge in [-0.3, -0.25) is 0 Å². The van der Waals surface area contributed by atoms with Gasteiger partial charge < -0.3 is 9.47 Å². The molecule has 1 aliphatic rings. The SMILES string of the molecule is Cc1cc(C)c(C2COC(c3ccccc3)CO2)c(C)c1. The van der Waals surface area contributed by atoms with E-state index in [1.54, 1.807) is 0 Å². The van der Waals surface area contributed by atoms with Crippen molar-refractivity contribution in [1.29, 1.82) is 0 Å². The van der Waals surface area contributed by atoms with Crippen LogP contribution >= 0.6 is 0 Å². The van der Waals surface area contributed by atoms with E-state index in [1.165, 1.54) is 27.8 Å². The maximum absolute atomic E-state index is 6.11. The first-order valence-corrected chi connectivity index (χ1v) is 7.51. The molecule has 0 saturated carbocycles. The molecule has 0 N–H and O–H groups in total. The van der Waals surface area contributed by atoms with Crippen molar-refractivity contribution < 1.29 is 9.47 Å². The molecule has 2 heteroatoms. The van der Waals surface area contributed by atoms with Crippen molar-refractivity contribution in [3.8, 4) is 0 Å². The predicted octanol–water partition coefficient (Wildman–Crippen LogP) is 4.44. The van der Waals surface area contributed by atoms with Gasteiger partial charge in [0, 0.05) is 0 Å². The lowest BCUT2D eigenvalue weighted by atomic mass is 9.95. The molecule has 1 aliphatic heterocycles. The Morgan fingerprint density at radius 3 is 1.95 bits per heavy atom. The van der Waals surface area contributed by atoms with Crippen molar-refractivity contribution in [2.75, 3.05) is 13.2 Å². The number of hydrogen-bond donors (Lipinski definition) is 0. The fourth-order valence-electron chi connectivity index (χ4n) is 3.23. The summed E-state index contributed by atoms with van der Waals surface area (Å²) in [5, 5.41) is 0. The zero-order valence-electron chi connectivity index (χ0n) is 12.9. The quantitative estimate of drug-likeness (QED) is 0.810. The van der Waals surface area contributed by atoms with Crippen LogP contribution in [0.5, 0.6) is 0 Å². The number of hydrogen-bond acceptors (Lipinski definition) is 2. The third-order valence-electron chi connectivity index (χ3n) is 4.13. The smallest absolute Gasteiger partial charge is 0.106 e. The van der Waals surface area contributed by atoms with Gasteiger partial charge in [0.15, 0.2) is 0 Å². The maximum Gasteiger partial charge on any atom is 0.106 e. The summed E-state index contributed by atoms with van der Waals surface area (Å²) >= 11 is 0. The fraction of sp³-hybridized carbons (Fsp3) is 0.368. The van der Waals surface area contributed by atoms with Gasteiger partial charge in [0.25, 0.3) is 0 Å². The molecule has 1 saturated heterocycles. The molecule has 1 fully saturated rings. The Bertz CT molecular complexity index is 588. The Balaban J connectivity index is 1.75. The molecular weight excluding hydrogens is 260 g/mol. The minimum Gasteiger partial charge on any atom is -0.368 e. The van der Waals surface area contributed by atoms with Gasteiger partial charge >= 0.3 is 0 Å². The second kappa shape index (κ2) is 6.00. The summed E-state index contributed by atoms with van der Waals surface area (Å²) < 4.78 is 12.2. The predicted molar refractivity (Wildman–Crippen MR) is 84.5 cm³/mol. The topological polar surface area (TPSA) is 18.5 Å². The van der Waals surface area contributed by atoms with E-state index in [2.05, 4.69) is 45.0 Å². The average Bonchev–Trinajstić information content (AvgIpc) is 2.48. The number of rotatable bonds is 2. The Kier molecular flexibility index (Phi) is 4.09. The van der Waals surface area contributed by atoms with Gasteiger partial charge in [-0.15, -0.1) is 0 Å². The average molecular weight is 282 g/mol. The molecule has 2 aromatic rings. The highest BCUT2D eigenvalue weighted by atomic mass is 16.6. The van der Waals surface area contributed by atoms with E-state index in [-0.39, 0.29) is 12.2 Å². The molecule has 2 unspecified atom stereocenters.